The zero-order valence-corrected chi connectivity index (χ0v) is 11.5. The van der Waals surface area contributed by atoms with Crippen molar-refractivity contribution in [2.75, 3.05) is 0 Å². The van der Waals surface area contributed by atoms with Crippen LogP contribution in [-0.2, 0) is 10.0 Å². The number of nitrogens with one attached hydrogen (secondary N) is 1. The van der Waals surface area contributed by atoms with E-state index in [1.165, 1.54) is 12.1 Å². The minimum atomic E-state index is -3.55. The summed E-state index contributed by atoms with van der Waals surface area (Å²) in [5.74, 6) is -0.550. The normalized spacial score (nSPS) is 15.9. The Morgan fingerprint density at radius 3 is 2.29 bits per heavy atom. The van der Waals surface area contributed by atoms with Crippen LogP contribution in [-0.4, -0.2) is 49.0 Å². The average molecular weight is 335 g/mol. The maximum Gasteiger partial charge on any atom is 0.266 e. The Kier molecular flexibility index (Phi) is 4.39. The molecule has 14 heavy (non-hydrogen) atoms. The Hall–Kier alpha value is -0.298. The van der Waals surface area contributed by atoms with Crippen LogP contribution in [0.5, 0.6) is 0 Å². The van der Waals surface area contributed by atoms with Crippen molar-refractivity contribution in [3.05, 3.63) is 29.8 Å². The predicted octanol–water partition coefficient (Wildman–Crippen LogP) is -0.643. The molecular weight excluding hydrogens is 330 g/mol. The molecule has 72 valence electrons. The Labute approximate surface area is 103 Å². The van der Waals surface area contributed by atoms with E-state index in [0.717, 1.165) is 0 Å². The van der Waals surface area contributed by atoms with Gasteiger partial charge in [0.25, 0.3) is 15.9 Å². The third-order valence-electron chi connectivity index (χ3n) is 1.65. The van der Waals surface area contributed by atoms with Gasteiger partial charge < -0.3 is 0 Å². The molecular formula is C7H5GeNO3SSe. The Morgan fingerprint density at radius 2 is 1.71 bits per heavy atom. The molecule has 6 radical (unpaired) electrons. The SMILES string of the molecule is O=C1NS(=O)(=O)c2ccccc21.[Ge].[Se]. The fraction of sp³-hybridized carbons (Fsp3) is 0. The van der Waals surface area contributed by atoms with E-state index in [1.807, 2.05) is 4.72 Å². The molecule has 7 heteroatoms. The van der Waals surface area contributed by atoms with Crippen LogP contribution >= 0.6 is 0 Å². The molecule has 0 spiro atoms. The Morgan fingerprint density at radius 1 is 1.14 bits per heavy atom. The third-order valence-corrected chi connectivity index (χ3v) is 3.04. The van der Waals surface area contributed by atoms with Crippen LogP contribution in [0.1, 0.15) is 10.4 Å². The zero-order valence-electron chi connectivity index (χ0n) is 6.85. The molecule has 4 nitrogen and oxygen atoms in total. The summed E-state index contributed by atoms with van der Waals surface area (Å²) in [7, 11) is -3.55. The average Bonchev–Trinajstić information content (AvgIpc) is 2.25. The predicted molar refractivity (Wildman–Crippen MR) is 52.6 cm³/mol. The smallest absolute Gasteiger partial charge is 0.266 e. The van der Waals surface area contributed by atoms with Crippen LogP contribution in [0.4, 0.5) is 0 Å². The number of carbonyl (C=O) groups excluding carboxylic acids is 1. The van der Waals surface area contributed by atoms with Gasteiger partial charge in [-0.05, 0) is 12.1 Å². The molecule has 1 N–H and O–H groups in total. The van der Waals surface area contributed by atoms with Crippen molar-refractivity contribution in [2.45, 2.75) is 4.90 Å². The maximum absolute atomic E-state index is 11.1. The van der Waals surface area contributed by atoms with Crippen molar-refractivity contribution in [3.8, 4) is 0 Å². The molecule has 2 rings (SSSR count). The van der Waals surface area contributed by atoms with Gasteiger partial charge in [0, 0.05) is 34.7 Å². The molecule has 1 heterocycles. The molecule has 0 saturated heterocycles. The molecule has 1 aromatic rings. The van der Waals surface area contributed by atoms with E-state index in [9.17, 15) is 13.2 Å². The Balaban J connectivity index is 0.000000845. The van der Waals surface area contributed by atoms with Crippen molar-refractivity contribution >= 4 is 50.6 Å². The molecule has 0 bridgehead atoms. The number of hydrogen-bond acceptors (Lipinski definition) is 3. The third kappa shape index (κ3) is 2.03. The first-order chi connectivity index (χ1) is 5.61. The number of sulfonamides is 1. The largest absolute Gasteiger partial charge is 0.268 e. The molecule has 0 aliphatic carbocycles. The van der Waals surface area contributed by atoms with E-state index < -0.39 is 15.9 Å². The van der Waals surface area contributed by atoms with Crippen LogP contribution < -0.4 is 4.72 Å². The quantitative estimate of drug-likeness (QED) is 0.642. The van der Waals surface area contributed by atoms with E-state index >= 15 is 0 Å². The summed E-state index contributed by atoms with van der Waals surface area (Å²) in [6.45, 7) is 0. The summed E-state index contributed by atoms with van der Waals surface area (Å²) in [6, 6.07) is 6.09. The van der Waals surface area contributed by atoms with Crippen molar-refractivity contribution in [1.82, 2.24) is 4.72 Å². The molecule has 1 aliphatic heterocycles. The summed E-state index contributed by atoms with van der Waals surface area (Å²) in [4.78, 5) is 11.1. The first-order valence-corrected chi connectivity index (χ1v) is 4.76. The van der Waals surface area contributed by atoms with Gasteiger partial charge in [0.05, 0.1) is 5.56 Å². The van der Waals surface area contributed by atoms with Gasteiger partial charge in [0.1, 0.15) is 4.90 Å². The first-order valence-electron chi connectivity index (χ1n) is 3.27. The minimum absolute atomic E-state index is 0. The van der Waals surface area contributed by atoms with E-state index in [4.69, 9.17) is 0 Å². The van der Waals surface area contributed by atoms with Crippen molar-refractivity contribution in [3.63, 3.8) is 0 Å². The molecule has 1 aliphatic rings. The number of amides is 1. The van der Waals surface area contributed by atoms with E-state index in [0.29, 0.717) is 0 Å². The summed E-state index contributed by atoms with van der Waals surface area (Å²) < 4.78 is 24.2. The number of benzene rings is 1. The summed E-state index contributed by atoms with van der Waals surface area (Å²) >= 11 is 0. The first kappa shape index (κ1) is 13.7. The van der Waals surface area contributed by atoms with E-state index in [-0.39, 0.29) is 45.1 Å². The molecule has 0 aromatic heterocycles. The number of hydrogen-bond donors (Lipinski definition) is 1. The van der Waals surface area contributed by atoms with Gasteiger partial charge in [-0.1, -0.05) is 12.1 Å². The standard InChI is InChI=1S/C7H5NO3S.Ge.Se/c9-7-5-3-1-2-4-6(5)12(10,11)8-7;;/h1-4H,(H,8,9);;. The van der Waals surface area contributed by atoms with Gasteiger partial charge in [-0.25, -0.2) is 13.1 Å². The number of fused-ring (bicyclic) bond motifs is 1. The van der Waals surface area contributed by atoms with Crippen molar-refractivity contribution < 1.29 is 13.2 Å². The van der Waals surface area contributed by atoms with Gasteiger partial charge >= 0.3 is 0 Å². The molecule has 1 amide bonds. The topological polar surface area (TPSA) is 63.2 Å². The monoisotopic (exact) mass is 337 g/mol. The van der Waals surface area contributed by atoms with Gasteiger partial charge in [0.15, 0.2) is 0 Å². The summed E-state index contributed by atoms with van der Waals surface area (Å²) in [5.41, 5.74) is 0.220. The molecule has 0 saturated carbocycles. The minimum Gasteiger partial charge on any atom is -0.268 e. The van der Waals surface area contributed by atoms with Crippen molar-refractivity contribution in [1.29, 1.82) is 0 Å². The molecule has 0 unspecified atom stereocenters. The van der Waals surface area contributed by atoms with Gasteiger partial charge in [0.2, 0.25) is 0 Å². The second kappa shape index (κ2) is 4.48. The molecule has 0 atom stereocenters. The van der Waals surface area contributed by atoms with Gasteiger partial charge in [-0.3, -0.25) is 4.79 Å². The molecule has 1 aromatic carbocycles. The summed E-state index contributed by atoms with van der Waals surface area (Å²) in [6.07, 6.45) is 0. The fourth-order valence-corrected chi connectivity index (χ4v) is 2.29. The van der Waals surface area contributed by atoms with Crippen LogP contribution in [0.2, 0.25) is 0 Å². The van der Waals surface area contributed by atoms with Crippen molar-refractivity contribution in [2.24, 2.45) is 0 Å². The fourth-order valence-electron chi connectivity index (χ4n) is 1.12. The Bertz CT molecular complexity index is 460. The number of rotatable bonds is 0. The van der Waals surface area contributed by atoms with E-state index in [2.05, 4.69) is 0 Å². The van der Waals surface area contributed by atoms with E-state index in [1.54, 1.807) is 12.1 Å². The zero-order chi connectivity index (χ0) is 8.77. The van der Waals surface area contributed by atoms with Crippen LogP contribution in [0, 0.1) is 0 Å². The van der Waals surface area contributed by atoms with Gasteiger partial charge in [-0.15, -0.1) is 0 Å². The van der Waals surface area contributed by atoms with Crippen LogP contribution in [0.15, 0.2) is 29.2 Å². The van der Waals surface area contributed by atoms with Gasteiger partial charge in [-0.2, -0.15) is 0 Å². The van der Waals surface area contributed by atoms with Crippen LogP contribution in [0.25, 0.3) is 0 Å². The summed E-state index contributed by atoms with van der Waals surface area (Å²) in [5, 5.41) is 0. The second-order valence-corrected chi connectivity index (χ2v) is 4.08. The molecule has 0 fully saturated rings. The maximum atomic E-state index is 11.1. The number of carbonyl (C=O) groups is 1. The van der Waals surface area contributed by atoms with Crippen LogP contribution in [0.3, 0.4) is 0 Å². The second-order valence-electron chi connectivity index (χ2n) is 2.43.